The van der Waals surface area contributed by atoms with Gasteiger partial charge in [0.15, 0.2) is 0 Å². The molecular weight excluding hydrogens is 193 g/mol. The van der Waals surface area contributed by atoms with Crippen molar-refractivity contribution in [1.29, 1.82) is 0 Å². The third kappa shape index (κ3) is 4.30. The van der Waals surface area contributed by atoms with Crippen LogP contribution in [-0.4, -0.2) is 32.1 Å². The summed E-state index contributed by atoms with van der Waals surface area (Å²) in [5.41, 5.74) is 0.973. The number of halogens is 1. The zero-order chi connectivity index (χ0) is 11.3. The molecular formula is C12H18FNO. The van der Waals surface area contributed by atoms with E-state index >= 15 is 0 Å². The van der Waals surface area contributed by atoms with E-state index in [4.69, 9.17) is 4.74 Å². The molecule has 0 unspecified atom stereocenters. The summed E-state index contributed by atoms with van der Waals surface area (Å²) in [6, 6.07) is 4.61. The summed E-state index contributed by atoms with van der Waals surface area (Å²) in [7, 11) is 4.04. The van der Waals surface area contributed by atoms with Gasteiger partial charge in [0, 0.05) is 12.6 Å². The Morgan fingerprint density at radius 3 is 2.73 bits per heavy atom. The average Bonchev–Trinajstić information content (AvgIpc) is 2.17. The van der Waals surface area contributed by atoms with E-state index in [1.165, 1.54) is 12.1 Å². The summed E-state index contributed by atoms with van der Waals surface area (Å²) in [6.07, 6.45) is 0.947. The molecule has 0 atom stereocenters. The lowest BCUT2D eigenvalue weighted by atomic mass is 10.2. The van der Waals surface area contributed by atoms with Crippen molar-refractivity contribution in [2.24, 2.45) is 0 Å². The maximum Gasteiger partial charge on any atom is 0.126 e. The second kappa shape index (κ2) is 5.71. The highest BCUT2D eigenvalue weighted by Gasteiger charge is 2.01. The van der Waals surface area contributed by atoms with Crippen LogP contribution >= 0.6 is 0 Å². The summed E-state index contributed by atoms with van der Waals surface area (Å²) in [5.74, 6) is 0.400. The molecule has 84 valence electrons. The van der Waals surface area contributed by atoms with Gasteiger partial charge in [-0.2, -0.15) is 0 Å². The minimum Gasteiger partial charge on any atom is -0.493 e. The highest BCUT2D eigenvalue weighted by atomic mass is 19.1. The SMILES string of the molecule is Cc1ccc(F)cc1OCCCN(C)C. The van der Waals surface area contributed by atoms with Crippen LogP contribution < -0.4 is 4.74 Å². The first-order valence-electron chi connectivity index (χ1n) is 5.13. The Labute approximate surface area is 90.7 Å². The van der Waals surface area contributed by atoms with Gasteiger partial charge in [-0.3, -0.25) is 0 Å². The topological polar surface area (TPSA) is 12.5 Å². The molecule has 1 aromatic carbocycles. The number of ether oxygens (including phenoxy) is 1. The van der Waals surface area contributed by atoms with Crippen LogP contribution in [0.4, 0.5) is 4.39 Å². The largest absolute Gasteiger partial charge is 0.493 e. The molecule has 0 bridgehead atoms. The van der Waals surface area contributed by atoms with Crippen LogP contribution in [0.3, 0.4) is 0 Å². The molecule has 0 aliphatic carbocycles. The van der Waals surface area contributed by atoms with Gasteiger partial charge in [-0.1, -0.05) is 6.07 Å². The summed E-state index contributed by atoms with van der Waals surface area (Å²) in [4.78, 5) is 2.10. The van der Waals surface area contributed by atoms with Crippen molar-refractivity contribution in [3.05, 3.63) is 29.6 Å². The first-order valence-corrected chi connectivity index (χ1v) is 5.13. The minimum absolute atomic E-state index is 0.247. The second-order valence-corrected chi connectivity index (χ2v) is 3.92. The van der Waals surface area contributed by atoms with Crippen LogP contribution in [0.5, 0.6) is 5.75 Å². The standard InChI is InChI=1S/C12H18FNO/c1-10-5-6-11(13)9-12(10)15-8-4-7-14(2)3/h5-6,9H,4,7-8H2,1-3H3. The Bertz CT molecular complexity index is 312. The fourth-order valence-electron chi connectivity index (χ4n) is 1.29. The van der Waals surface area contributed by atoms with Gasteiger partial charge in [-0.05, 0) is 39.1 Å². The predicted octanol–water partition coefficient (Wildman–Crippen LogP) is 2.46. The second-order valence-electron chi connectivity index (χ2n) is 3.92. The quantitative estimate of drug-likeness (QED) is 0.694. The zero-order valence-corrected chi connectivity index (χ0v) is 9.59. The van der Waals surface area contributed by atoms with Crippen LogP contribution in [-0.2, 0) is 0 Å². The van der Waals surface area contributed by atoms with Crippen molar-refractivity contribution in [2.75, 3.05) is 27.2 Å². The molecule has 0 aromatic heterocycles. The molecule has 0 heterocycles. The lowest BCUT2D eigenvalue weighted by Gasteiger charge is -2.11. The van der Waals surface area contributed by atoms with Gasteiger partial charge in [0.05, 0.1) is 6.61 Å². The highest BCUT2D eigenvalue weighted by Crippen LogP contribution is 2.18. The number of nitrogens with zero attached hydrogens (tertiary/aromatic N) is 1. The maximum absolute atomic E-state index is 12.9. The first kappa shape index (κ1) is 12.0. The summed E-state index contributed by atoms with van der Waals surface area (Å²) < 4.78 is 18.4. The summed E-state index contributed by atoms with van der Waals surface area (Å²) >= 11 is 0. The lowest BCUT2D eigenvalue weighted by molar-refractivity contribution is 0.279. The van der Waals surface area contributed by atoms with E-state index in [0.29, 0.717) is 12.4 Å². The molecule has 0 saturated heterocycles. The van der Waals surface area contributed by atoms with E-state index in [-0.39, 0.29) is 5.82 Å². The maximum atomic E-state index is 12.9. The van der Waals surface area contributed by atoms with Crippen molar-refractivity contribution < 1.29 is 9.13 Å². The first-order chi connectivity index (χ1) is 7.09. The van der Waals surface area contributed by atoms with E-state index in [1.54, 1.807) is 6.07 Å². The van der Waals surface area contributed by atoms with Crippen LogP contribution in [0.2, 0.25) is 0 Å². The molecule has 3 heteroatoms. The predicted molar refractivity (Wildman–Crippen MR) is 59.8 cm³/mol. The van der Waals surface area contributed by atoms with Crippen molar-refractivity contribution in [1.82, 2.24) is 4.90 Å². The fourth-order valence-corrected chi connectivity index (χ4v) is 1.29. The van der Waals surface area contributed by atoms with E-state index in [2.05, 4.69) is 4.90 Å². The molecule has 0 saturated carbocycles. The number of aryl methyl sites for hydroxylation is 1. The van der Waals surface area contributed by atoms with Crippen molar-refractivity contribution in [2.45, 2.75) is 13.3 Å². The van der Waals surface area contributed by atoms with Gasteiger partial charge in [0.2, 0.25) is 0 Å². The third-order valence-electron chi connectivity index (χ3n) is 2.16. The number of hydrogen-bond acceptors (Lipinski definition) is 2. The Hall–Kier alpha value is -1.09. The van der Waals surface area contributed by atoms with Crippen LogP contribution in [0.15, 0.2) is 18.2 Å². The summed E-state index contributed by atoms with van der Waals surface area (Å²) in [6.45, 7) is 3.53. The molecule has 0 spiro atoms. The van der Waals surface area contributed by atoms with Crippen molar-refractivity contribution in [3.63, 3.8) is 0 Å². The molecule has 0 radical (unpaired) electrons. The van der Waals surface area contributed by atoms with E-state index < -0.39 is 0 Å². The van der Waals surface area contributed by atoms with E-state index in [9.17, 15) is 4.39 Å². The van der Waals surface area contributed by atoms with Gasteiger partial charge in [0.25, 0.3) is 0 Å². The Balaban J connectivity index is 2.40. The molecule has 1 rings (SSSR count). The number of benzene rings is 1. The molecule has 0 fully saturated rings. The number of hydrogen-bond donors (Lipinski definition) is 0. The molecule has 1 aromatic rings. The van der Waals surface area contributed by atoms with Gasteiger partial charge < -0.3 is 9.64 Å². The fraction of sp³-hybridized carbons (Fsp3) is 0.500. The molecule has 0 aliphatic rings. The average molecular weight is 211 g/mol. The van der Waals surface area contributed by atoms with Crippen LogP contribution in [0.1, 0.15) is 12.0 Å². The highest BCUT2D eigenvalue weighted by molar-refractivity contribution is 5.32. The Kier molecular flexibility index (Phi) is 4.56. The molecule has 15 heavy (non-hydrogen) atoms. The zero-order valence-electron chi connectivity index (χ0n) is 9.59. The number of rotatable bonds is 5. The molecule has 0 N–H and O–H groups in total. The lowest BCUT2D eigenvalue weighted by Crippen LogP contribution is -2.15. The van der Waals surface area contributed by atoms with Gasteiger partial charge in [0.1, 0.15) is 11.6 Å². The van der Waals surface area contributed by atoms with E-state index in [0.717, 1.165) is 18.5 Å². The van der Waals surface area contributed by atoms with E-state index in [1.807, 2.05) is 21.0 Å². The molecule has 2 nitrogen and oxygen atoms in total. The van der Waals surface area contributed by atoms with Crippen LogP contribution in [0, 0.1) is 12.7 Å². The normalized spacial score (nSPS) is 10.7. The van der Waals surface area contributed by atoms with Gasteiger partial charge >= 0.3 is 0 Å². The van der Waals surface area contributed by atoms with Gasteiger partial charge in [-0.25, -0.2) is 4.39 Å². The van der Waals surface area contributed by atoms with Crippen LogP contribution in [0.25, 0.3) is 0 Å². The smallest absolute Gasteiger partial charge is 0.126 e. The minimum atomic E-state index is -0.247. The Morgan fingerprint density at radius 2 is 2.07 bits per heavy atom. The third-order valence-corrected chi connectivity index (χ3v) is 2.16. The molecule has 0 aliphatic heterocycles. The van der Waals surface area contributed by atoms with Crippen molar-refractivity contribution in [3.8, 4) is 5.75 Å². The van der Waals surface area contributed by atoms with Crippen molar-refractivity contribution >= 4 is 0 Å². The Morgan fingerprint density at radius 1 is 1.33 bits per heavy atom. The van der Waals surface area contributed by atoms with Gasteiger partial charge in [-0.15, -0.1) is 0 Å². The monoisotopic (exact) mass is 211 g/mol. The molecule has 0 amide bonds. The summed E-state index contributed by atoms with van der Waals surface area (Å²) in [5, 5.41) is 0.